The summed E-state index contributed by atoms with van der Waals surface area (Å²) in [5, 5.41) is 6.64. The van der Waals surface area contributed by atoms with Crippen molar-refractivity contribution in [3.05, 3.63) is 60.0 Å². The Balaban J connectivity index is 0.00000320. The monoisotopic (exact) mass is 523 g/mol. The summed E-state index contributed by atoms with van der Waals surface area (Å²) in [5.74, 6) is 1.53. The summed E-state index contributed by atoms with van der Waals surface area (Å²) in [6.45, 7) is 4.13. The van der Waals surface area contributed by atoms with Crippen molar-refractivity contribution in [3.63, 3.8) is 0 Å². The number of guanidine groups is 1. The molecule has 30 heavy (non-hydrogen) atoms. The highest BCUT2D eigenvalue weighted by atomic mass is 127. The number of nitrogens with zero attached hydrogens (tertiary/aromatic N) is 3. The lowest BCUT2D eigenvalue weighted by atomic mass is 10.3. The lowest BCUT2D eigenvalue weighted by molar-refractivity contribution is 0.172. The Bertz CT molecular complexity index is 958. The van der Waals surface area contributed by atoms with Gasteiger partial charge in [-0.05, 0) is 30.7 Å². The molecule has 0 atom stereocenters. The third-order valence-electron chi connectivity index (χ3n) is 4.48. The number of anilines is 1. The van der Waals surface area contributed by atoms with Crippen LogP contribution in [0.1, 0.15) is 17.7 Å². The van der Waals surface area contributed by atoms with Crippen molar-refractivity contribution in [2.24, 2.45) is 4.99 Å². The molecule has 162 valence electrons. The second kappa shape index (κ2) is 12.4. The number of hydrogen-bond acceptors (Lipinski definition) is 4. The third kappa shape index (κ3) is 6.88. The van der Waals surface area contributed by atoms with E-state index in [0.29, 0.717) is 19.2 Å². The number of benzene rings is 1. The van der Waals surface area contributed by atoms with Crippen LogP contribution in [-0.4, -0.2) is 49.3 Å². The molecule has 0 fully saturated rings. The number of hydrogen-bond donors (Lipinski definition) is 2. The van der Waals surface area contributed by atoms with Gasteiger partial charge in [0.25, 0.3) is 0 Å². The molecule has 0 amide bonds. The number of pyridine rings is 1. The maximum Gasteiger partial charge on any atom is 0.195 e. The topological polar surface area (TPSA) is 72.2 Å². The van der Waals surface area contributed by atoms with Gasteiger partial charge in [-0.1, -0.05) is 12.1 Å². The lowest BCUT2D eigenvalue weighted by Crippen LogP contribution is -2.32. The molecule has 0 aliphatic carbocycles. The first kappa shape index (κ1) is 23.9. The van der Waals surface area contributed by atoms with Gasteiger partial charge in [0.05, 0.1) is 12.3 Å². The summed E-state index contributed by atoms with van der Waals surface area (Å²) in [4.78, 5) is 9.01. The summed E-state index contributed by atoms with van der Waals surface area (Å²) in [7, 11) is 3.45. The van der Waals surface area contributed by atoms with Crippen LogP contribution in [0.3, 0.4) is 0 Å². The molecule has 2 aromatic heterocycles. The Labute approximate surface area is 194 Å². The summed E-state index contributed by atoms with van der Waals surface area (Å²) in [6.07, 6.45) is 5.77. The molecule has 3 rings (SSSR count). The van der Waals surface area contributed by atoms with Crippen molar-refractivity contribution >= 4 is 41.3 Å². The van der Waals surface area contributed by atoms with Crippen molar-refractivity contribution in [3.8, 4) is 5.75 Å². The number of methoxy groups -OCH3 is 1. The fourth-order valence-corrected chi connectivity index (χ4v) is 3.01. The molecule has 0 saturated heterocycles. The van der Waals surface area contributed by atoms with E-state index in [9.17, 15) is 0 Å². The number of nitrogens with one attached hydrogen (secondary N) is 2. The molecule has 3 aromatic rings. The molecule has 0 saturated carbocycles. The molecule has 2 N–H and O–H groups in total. The number of rotatable bonds is 9. The highest BCUT2D eigenvalue weighted by Crippen LogP contribution is 2.17. The van der Waals surface area contributed by atoms with Crippen LogP contribution in [0.5, 0.6) is 5.75 Å². The van der Waals surface area contributed by atoms with E-state index in [1.54, 1.807) is 14.2 Å². The smallest absolute Gasteiger partial charge is 0.195 e. The molecule has 0 unspecified atom stereocenters. The second-order valence-corrected chi connectivity index (χ2v) is 6.75. The Kier molecular flexibility index (Phi) is 9.88. The number of ether oxygens (including phenoxy) is 2. The Morgan fingerprint density at radius 3 is 2.83 bits per heavy atom. The first-order valence-electron chi connectivity index (χ1n) is 9.82. The quantitative estimate of drug-likeness (QED) is 0.193. The van der Waals surface area contributed by atoms with E-state index < -0.39 is 0 Å². The van der Waals surface area contributed by atoms with Crippen LogP contribution in [0.25, 0.3) is 5.65 Å². The van der Waals surface area contributed by atoms with Crippen molar-refractivity contribution in [2.75, 3.05) is 39.2 Å². The Morgan fingerprint density at radius 1 is 1.20 bits per heavy atom. The molecule has 7 nitrogen and oxygen atoms in total. The summed E-state index contributed by atoms with van der Waals surface area (Å²) in [6, 6.07) is 12.0. The van der Waals surface area contributed by atoms with Gasteiger partial charge in [-0.2, -0.15) is 0 Å². The average Bonchev–Trinajstić information content (AvgIpc) is 3.15. The van der Waals surface area contributed by atoms with Crippen LogP contribution in [0.15, 0.2) is 53.8 Å². The average molecular weight is 523 g/mol. The molecule has 0 radical (unpaired) electrons. The number of aromatic nitrogens is 2. The predicted molar refractivity (Wildman–Crippen MR) is 132 cm³/mol. The number of aliphatic imine (C=N–C) groups is 1. The van der Waals surface area contributed by atoms with Gasteiger partial charge in [-0.15, -0.1) is 24.0 Å². The maximum atomic E-state index is 5.75. The number of aryl methyl sites for hydroxylation is 1. The fraction of sp³-hybridized carbons (Fsp3) is 0.364. The van der Waals surface area contributed by atoms with E-state index in [0.717, 1.165) is 42.2 Å². The maximum absolute atomic E-state index is 5.75. The largest absolute Gasteiger partial charge is 0.493 e. The molecule has 1 aromatic carbocycles. The molecule has 8 heteroatoms. The van der Waals surface area contributed by atoms with E-state index >= 15 is 0 Å². The molecule has 2 heterocycles. The minimum absolute atomic E-state index is 0. The first-order chi connectivity index (χ1) is 14.2. The summed E-state index contributed by atoms with van der Waals surface area (Å²) >= 11 is 0. The fourth-order valence-electron chi connectivity index (χ4n) is 3.01. The molecule has 0 aliphatic heterocycles. The predicted octanol–water partition coefficient (Wildman–Crippen LogP) is 3.91. The van der Waals surface area contributed by atoms with Gasteiger partial charge in [0, 0.05) is 64.3 Å². The van der Waals surface area contributed by atoms with E-state index in [4.69, 9.17) is 14.5 Å². The Morgan fingerprint density at radius 2 is 2.07 bits per heavy atom. The highest BCUT2D eigenvalue weighted by Gasteiger charge is 2.05. The van der Waals surface area contributed by atoms with Crippen LogP contribution < -0.4 is 15.4 Å². The van der Waals surface area contributed by atoms with Crippen molar-refractivity contribution < 1.29 is 9.47 Å². The van der Waals surface area contributed by atoms with E-state index in [1.165, 1.54) is 5.56 Å². The van der Waals surface area contributed by atoms with Crippen LogP contribution in [0.4, 0.5) is 5.69 Å². The summed E-state index contributed by atoms with van der Waals surface area (Å²) in [5.41, 5.74) is 4.15. The van der Waals surface area contributed by atoms with E-state index in [-0.39, 0.29) is 24.0 Å². The van der Waals surface area contributed by atoms with Crippen molar-refractivity contribution in [1.82, 2.24) is 14.7 Å². The van der Waals surface area contributed by atoms with E-state index in [1.807, 2.05) is 36.5 Å². The van der Waals surface area contributed by atoms with Crippen LogP contribution in [0.2, 0.25) is 0 Å². The molecule has 0 aliphatic rings. The van der Waals surface area contributed by atoms with Crippen LogP contribution >= 0.6 is 24.0 Å². The zero-order valence-electron chi connectivity index (χ0n) is 17.7. The van der Waals surface area contributed by atoms with Crippen LogP contribution in [0, 0.1) is 6.92 Å². The SMILES string of the molecule is CN=C(NCCc1cn2cccc(C)c2n1)Nc1cccc(OCCCOC)c1.I. The standard InChI is InChI=1S/C22H29N5O2.HI/c1-17-7-5-12-27-16-19(25-21(17)27)10-11-24-22(23-2)26-18-8-4-9-20(15-18)29-14-6-13-28-3;/h4-5,7-9,12,15-16H,6,10-11,13-14H2,1-3H3,(H2,23,24,26);1H. The van der Waals surface area contributed by atoms with Gasteiger partial charge in [-0.25, -0.2) is 4.98 Å². The van der Waals surface area contributed by atoms with E-state index in [2.05, 4.69) is 39.2 Å². The second-order valence-electron chi connectivity index (χ2n) is 6.75. The number of fused-ring (bicyclic) bond motifs is 1. The van der Waals surface area contributed by atoms with Gasteiger partial charge in [0.1, 0.15) is 11.4 Å². The molecule has 0 spiro atoms. The van der Waals surface area contributed by atoms with Crippen molar-refractivity contribution in [2.45, 2.75) is 19.8 Å². The zero-order chi connectivity index (χ0) is 20.5. The zero-order valence-corrected chi connectivity index (χ0v) is 20.1. The Hall–Kier alpha value is -2.33. The van der Waals surface area contributed by atoms with Crippen LogP contribution in [-0.2, 0) is 11.2 Å². The summed E-state index contributed by atoms with van der Waals surface area (Å²) < 4.78 is 12.9. The van der Waals surface area contributed by atoms with Gasteiger partial charge < -0.3 is 24.5 Å². The van der Waals surface area contributed by atoms with Gasteiger partial charge >= 0.3 is 0 Å². The minimum atomic E-state index is 0. The minimum Gasteiger partial charge on any atom is -0.493 e. The molecular weight excluding hydrogens is 493 g/mol. The number of imidazole rings is 1. The van der Waals surface area contributed by atoms with Crippen molar-refractivity contribution in [1.29, 1.82) is 0 Å². The van der Waals surface area contributed by atoms with Gasteiger partial charge in [0.2, 0.25) is 0 Å². The molecular formula is C22H30IN5O2. The van der Waals surface area contributed by atoms with Gasteiger partial charge in [0.15, 0.2) is 5.96 Å². The molecule has 0 bridgehead atoms. The third-order valence-corrected chi connectivity index (χ3v) is 4.48. The normalized spacial score (nSPS) is 11.2. The lowest BCUT2D eigenvalue weighted by Gasteiger charge is -2.13. The highest BCUT2D eigenvalue weighted by molar-refractivity contribution is 14.0. The number of halogens is 1. The first-order valence-corrected chi connectivity index (χ1v) is 9.82. The van der Waals surface area contributed by atoms with Gasteiger partial charge in [-0.3, -0.25) is 4.99 Å².